The van der Waals surface area contributed by atoms with Crippen LogP contribution in [0.3, 0.4) is 0 Å². The van der Waals surface area contributed by atoms with Gasteiger partial charge in [0, 0.05) is 18.5 Å². The molecule has 0 radical (unpaired) electrons. The fourth-order valence-electron chi connectivity index (χ4n) is 3.70. The van der Waals surface area contributed by atoms with Crippen LogP contribution in [0, 0.1) is 0 Å². The molecule has 0 aliphatic rings. The van der Waals surface area contributed by atoms with Crippen LogP contribution in [0.2, 0.25) is 0 Å². The summed E-state index contributed by atoms with van der Waals surface area (Å²) in [4.78, 5) is 0. The molecule has 0 unspecified atom stereocenters. The van der Waals surface area contributed by atoms with Gasteiger partial charge in [0.1, 0.15) is 0 Å². The molecule has 0 aliphatic carbocycles. The van der Waals surface area contributed by atoms with Crippen LogP contribution in [0.5, 0.6) is 0 Å². The minimum absolute atomic E-state index is 1.04. The predicted octanol–water partition coefficient (Wildman–Crippen LogP) is 9.04. The van der Waals surface area contributed by atoms with Gasteiger partial charge in [-0.15, -0.1) is 0 Å². The summed E-state index contributed by atoms with van der Waals surface area (Å²) in [5.41, 5.74) is 0. The monoisotopic (exact) mass is 372 g/mol. The lowest BCUT2D eigenvalue weighted by atomic mass is 10.1. The Morgan fingerprint density at radius 3 is 0.920 bits per heavy atom. The Bertz CT molecular complexity index is 280. The van der Waals surface area contributed by atoms with E-state index in [2.05, 4.69) is 20.8 Å². The number of rotatable bonds is 20. The summed E-state index contributed by atoms with van der Waals surface area (Å²) >= 11 is 0. The van der Waals surface area contributed by atoms with Crippen LogP contribution in [0.1, 0.15) is 130 Å². The van der Waals surface area contributed by atoms with Gasteiger partial charge in [-0.25, -0.2) is 0 Å². The molecule has 0 aromatic carbocycles. The zero-order chi connectivity index (χ0) is 18.6. The first-order chi connectivity index (χ1) is 12.2. The minimum Gasteiger partial charge on any atom is -0.324 e. The van der Waals surface area contributed by atoms with Crippen molar-refractivity contribution in [1.29, 1.82) is 0 Å². The summed E-state index contributed by atoms with van der Waals surface area (Å²) in [6.07, 6.45) is 25.5. The average Bonchev–Trinajstić information content (AvgIpc) is 2.61. The lowest BCUT2D eigenvalue weighted by molar-refractivity contribution is 0.556. The highest BCUT2D eigenvalue weighted by Gasteiger charge is 2.20. The zero-order valence-electron chi connectivity index (χ0n) is 18.0. The Morgan fingerprint density at radius 1 is 0.400 bits per heavy atom. The summed E-state index contributed by atoms with van der Waals surface area (Å²) < 4.78 is 13.4. The predicted molar refractivity (Wildman–Crippen MR) is 118 cm³/mol. The first-order valence-electron chi connectivity index (χ1n) is 11.8. The van der Waals surface area contributed by atoms with E-state index < -0.39 is 7.14 Å². The summed E-state index contributed by atoms with van der Waals surface area (Å²) in [7, 11) is -1.88. The molecule has 0 aromatic heterocycles. The Balaban J connectivity index is 4.03. The molecule has 0 saturated carbocycles. The highest BCUT2D eigenvalue weighted by atomic mass is 31.2. The van der Waals surface area contributed by atoms with Crippen molar-refractivity contribution >= 4 is 7.14 Å². The van der Waals surface area contributed by atoms with Crippen molar-refractivity contribution in [1.82, 2.24) is 0 Å². The van der Waals surface area contributed by atoms with Crippen molar-refractivity contribution in [2.45, 2.75) is 130 Å². The molecule has 152 valence electrons. The van der Waals surface area contributed by atoms with Gasteiger partial charge in [0.2, 0.25) is 0 Å². The lowest BCUT2D eigenvalue weighted by Gasteiger charge is -2.18. The second-order valence-electron chi connectivity index (χ2n) is 8.18. The molecule has 0 N–H and O–H groups in total. The first kappa shape index (κ1) is 25.2. The third-order valence-corrected chi connectivity index (χ3v) is 8.90. The quantitative estimate of drug-likeness (QED) is 0.154. The lowest BCUT2D eigenvalue weighted by Crippen LogP contribution is -2.02. The van der Waals surface area contributed by atoms with Crippen LogP contribution in [0.25, 0.3) is 0 Å². The van der Waals surface area contributed by atoms with Crippen molar-refractivity contribution in [2.24, 2.45) is 0 Å². The Hall–Kier alpha value is 0.230. The van der Waals surface area contributed by atoms with Gasteiger partial charge in [0.15, 0.2) is 0 Å². The van der Waals surface area contributed by atoms with Crippen molar-refractivity contribution in [3.8, 4) is 0 Å². The Morgan fingerprint density at radius 2 is 0.640 bits per heavy atom. The van der Waals surface area contributed by atoms with Crippen LogP contribution in [-0.2, 0) is 4.57 Å². The second kappa shape index (κ2) is 19.0. The summed E-state index contributed by atoms with van der Waals surface area (Å²) in [6.45, 7) is 6.81. The van der Waals surface area contributed by atoms with Gasteiger partial charge in [0.05, 0.1) is 7.14 Å². The maximum absolute atomic E-state index is 13.4. The summed E-state index contributed by atoms with van der Waals surface area (Å²) in [5, 5.41) is 0. The van der Waals surface area contributed by atoms with E-state index in [9.17, 15) is 4.57 Å². The molecule has 0 rings (SSSR count). The zero-order valence-corrected chi connectivity index (χ0v) is 18.9. The molecule has 0 bridgehead atoms. The van der Waals surface area contributed by atoms with E-state index in [4.69, 9.17) is 0 Å². The van der Waals surface area contributed by atoms with Gasteiger partial charge < -0.3 is 4.57 Å². The maximum Gasteiger partial charge on any atom is 0.0877 e. The van der Waals surface area contributed by atoms with E-state index in [0.717, 1.165) is 18.5 Å². The molecule has 0 aliphatic heterocycles. The highest BCUT2D eigenvalue weighted by Crippen LogP contribution is 2.48. The summed E-state index contributed by atoms with van der Waals surface area (Å²) in [6, 6.07) is 0. The number of hydrogen-bond acceptors (Lipinski definition) is 1. The summed E-state index contributed by atoms with van der Waals surface area (Å²) in [5.74, 6) is 0. The molecular weight excluding hydrogens is 323 g/mol. The van der Waals surface area contributed by atoms with Crippen molar-refractivity contribution < 1.29 is 4.57 Å². The first-order valence-corrected chi connectivity index (χ1v) is 14.0. The van der Waals surface area contributed by atoms with Gasteiger partial charge in [-0.2, -0.15) is 0 Å². The largest absolute Gasteiger partial charge is 0.324 e. The smallest absolute Gasteiger partial charge is 0.0877 e. The van der Waals surface area contributed by atoms with Crippen LogP contribution >= 0.6 is 7.14 Å². The molecular formula is C23H49OP. The van der Waals surface area contributed by atoms with Gasteiger partial charge in [-0.1, -0.05) is 111 Å². The van der Waals surface area contributed by atoms with E-state index >= 15 is 0 Å². The van der Waals surface area contributed by atoms with E-state index in [1.54, 1.807) is 0 Å². The Labute approximate surface area is 160 Å². The second-order valence-corrected chi connectivity index (χ2v) is 11.6. The third kappa shape index (κ3) is 17.4. The average molecular weight is 373 g/mol. The van der Waals surface area contributed by atoms with E-state index in [0.29, 0.717) is 0 Å². The molecule has 0 aromatic rings. The topological polar surface area (TPSA) is 17.1 Å². The molecule has 25 heavy (non-hydrogen) atoms. The number of unbranched alkanes of at least 4 members (excludes halogenated alkanes) is 14. The van der Waals surface area contributed by atoms with E-state index in [-0.39, 0.29) is 0 Å². The van der Waals surface area contributed by atoms with Crippen LogP contribution < -0.4 is 0 Å². The van der Waals surface area contributed by atoms with Crippen LogP contribution in [-0.4, -0.2) is 18.5 Å². The van der Waals surface area contributed by atoms with Gasteiger partial charge in [0.25, 0.3) is 0 Å². The van der Waals surface area contributed by atoms with Crippen LogP contribution in [0.4, 0.5) is 0 Å². The maximum atomic E-state index is 13.4. The van der Waals surface area contributed by atoms with Crippen LogP contribution in [0.15, 0.2) is 0 Å². The standard InChI is InChI=1S/C23H49OP/c1-4-7-10-13-16-19-22-25(24,21-18-15-12-9-6-3)23-20-17-14-11-8-5-2/h4-23H2,1-3H3. The fraction of sp³-hybridized carbons (Fsp3) is 1.00. The molecule has 1 nitrogen and oxygen atoms in total. The molecule has 0 spiro atoms. The van der Waals surface area contributed by atoms with E-state index in [1.807, 2.05) is 0 Å². The number of hydrogen-bond donors (Lipinski definition) is 0. The van der Waals surface area contributed by atoms with Crippen molar-refractivity contribution in [2.75, 3.05) is 18.5 Å². The molecule has 0 saturated heterocycles. The molecule has 2 heteroatoms. The van der Waals surface area contributed by atoms with Crippen molar-refractivity contribution in [3.63, 3.8) is 0 Å². The molecule has 0 heterocycles. The van der Waals surface area contributed by atoms with Gasteiger partial charge in [-0.3, -0.25) is 0 Å². The van der Waals surface area contributed by atoms with Crippen molar-refractivity contribution in [3.05, 3.63) is 0 Å². The van der Waals surface area contributed by atoms with E-state index in [1.165, 1.54) is 109 Å². The molecule has 0 amide bonds. The minimum atomic E-state index is -1.88. The normalized spacial score (nSPS) is 12.0. The van der Waals surface area contributed by atoms with Gasteiger partial charge >= 0.3 is 0 Å². The fourth-order valence-corrected chi connectivity index (χ4v) is 6.77. The highest BCUT2D eigenvalue weighted by molar-refractivity contribution is 7.63. The molecule has 0 atom stereocenters. The Kier molecular flexibility index (Phi) is 19.2. The molecule has 0 fully saturated rings. The SMILES string of the molecule is CCCCCCCCP(=O)(CCCCCCC)CCCCCCCC. The van der Waals surface area contributed by atoms with Gasteiger partial charge in [-0.05, 0) is 19.3 Å². The third-order valence-electron chi connectivity index (χ3n) is 5.51.